The largest absolute Gasteiger partial charge is 0.478 e. The van der Waals surface area contributed by atoms with E-state index in [0.29, 0.717) is 12.1 Å². The molecule has 8 nitrogen and oxygen atoms in total. The summed E-state index contributed by atoms with van der Waals surface area (Å²) in [7, 11) is 0. The second-order valence-corrected chi connectivity index (χ2v) is 5.33. The maximum absolute atomic E-state index is 11.2. The Labute approximate surface area is 142 Å². The number of anilines is 2. The van der Waals surface area contributed by atoms with Gasteiger partial charge in [0, 0.05) is 30.6 Å². The molecule has 1 heterocycles. The van der Waals surface area contributed by atoms with E-state index < -0.39 is 10.9 Å². The van der Waals surface area contributed by atoms with E-state index in [2.05, 4.69) is 15.3 Å². The monoisotopic (exact) mass is 338 g/mol. The van der Waals surface area contributed by atoms with Crippen molar-refractivity contribution in [3.63, 3.8) is 0 Å². The van der Waals surface area contributed by atoms with Crippen LogP contribution >= 0.6 is 0 Å². The zero-order valence-electron chi connectivity index (χ0n) is 13.0. The molecule has 0 atom stereocenters. The van der Waals surface area contributed by atoms with Gasteiger partial charge in [0.15, 0.2) is 0 Å². The molecule has 1 aromatic heterocycles. The lowest BCUT2D eigenvalue weighted by Gasteiger charge is -2.09. The molecule has 3 aromatic rings. The van der Waals surface area contributed by atoms with Crippen LogP contribution in [0.25, 0.3) is 0 Å². The number of carbonyl (C=O) groups is 1. The predicted octanol–water partition coefficient (Wildman–Crippen LogP) is 3.35. The Kier molecular flexibility index (Phi) is 4.42. The molecule has 0 amide bonds. The zero-order valence-corrected chi connectivity index (χ0v) is 13.0. The summed E-state index contributed by atoms with van der Waals surface area (Å²) in [6, 6.07) is 11.1. The summed E-state index contributed by atoms with van der Waals surface area (Å²) < 4.78 is 0. The maximum Gasteiger partial charge on any atom is 0.335 e. The third-order valence-electron chi connectivity index (χ3n) is 3.57. The van der Waals surface area contributed by atoms with Crippen LogP contribution in [0.3, 0.4) is 0 Å². The van der Waals surface area contributed by atoms with Gasteiger partial charge in [-0.1, -0.05) is 12.1 Å². The first-order chi connectivity index (χ1) is 12.0. The number of benzene rings is 2. The van der Waals surface area contributed by atoms with Crippen molar-refractivity contribution in [1.29, 1.82) is 0 Å². The number of nitrogens with zero attached hydrogens (tertiary/aromatic N) is 2. The molecule has 25 heavy (non-hydrogen) atoms. The fourth-order valence-electron chi connectivity index (χ4n) is 2.42. The van der Waals surface area contributed by atoms with Crippen molar-refractivity contribution in [2.75, 3.05) is 5.32 Å². The summed E-state index contributed by atoms with van der Waals surface area (Å²) >= 11 is 0. The predicted molar refractivity (Wildman–Crippen MR) is 91.2 cm³/mol. The molecule has 8 heteroatoms. The quantitative estimate of drug-likeness (QED) is 0.468. The number of carboxylic acids is 1. The Hall–Kier alpha value is -3.68. The lowest BCUT2D eigenvalue weighted by atomic mass is 10.1. The van der Waals surface area contributed by atoms with E-state index in [1.807, 2.05) is 18.2 Å². The second kappa shape index (κ2) is 6.83. The highest BCUT2D eigenvalue weighted by molar-refractivity contribution is 5.90. The van der Waals surface area contributed by atoms with Crippen LogP contribution in [0.5, 0.6) is 0 Å². The molecule has 0 aliphatic rings. The molecule has 0 fully saturated rings. The number of aromatic carboxylic acids is 1. The number of H-pyrrole nitrogens is 1. The summed E-state index contributed by atoms with van der Waals surface area (Å²) in [5, 5.41) is 23.2. The summed E-state index contributed by atoms with van der Waals surface area (Å²) in [6.07, 6.45) is 4.01. The van der Waals surface area contributed by atoms with Crippen molar-refractivity contribution < 1.29 is 14.8 Å². The molecule has 0 bridgehead atoms. The van der Waals surface area contributed by atoms with Crippen molar-refractivity contribution in [1.82, 2.24) is 9.97 Å². The van der Waals surface area contributed by atoms with Crippen LogP contribution in [0, 0.1) is 10.1 Å². The number of aromatic amines is 1. The average Bonchev–Trinajstić information content (AvgIpc) is 3.08. The first-order valence-electron chi connectivity index (χ1n) is 7.39. The number of nitrogens with one attached hydrogen (secondary N) is 2. The lowest BCUT2D eigenvalue weighted by Crippen LogP contribution is -2.02. The standard InChI is InChI=1S/C17H14N4O4/c22-17(23)12-4-5-14(15(10-12)21(24)25)20-13-3-1-2-11(8-13)9-16-18-6-7-19-16/h1-8,10,20H,9H2,(H,18,19)(H,22,23). The molecule has 0 spiro atoms. The van der Waals surface area contributed by atoms with Gasteiger partial charge >= 0.3 is 5.97 Å². The Morgan fingerprint density at radius 2 is 2.12 bits per heavy atom. The molecule has 0 aliphatic carbocycles. The van der Waals surface area contributed by atoms with E-state index in [9.17, 15) is 14.9 Å². The first kappa shape index (κ1) is 16.2. The Bertz CT molecular complexity index is 922. The van der Waals surface area contributed by atoms with E-state index in [1.165, 1.54) is 12.1 Å². The van der Waals surface area contributed by atoms with E-state index >= 15 is 0 Å². The van der Waals surface area contributed by atoms with Gasteiger partial charge in [0.05, 0.1) is 10.5 Å². The van der Waals surface area contributed by atoms with Gasteiger partial charge in [-0.2, -0.15) is 0 Å². The highest BCUT2D eigenvalue weighted by atomic mass is 16.6. The molecule has 0 saturated carbocycles. The van der Waals surface area contributed by atoms with E-state index in [1.54, 1.807) is 18.5 Å². The topological polar surface area (TPSA) is 121 Å². The van der Waals surface area contributed by atoms with E-state index in [-0.39, 0.29) is 16.9 Å². The zero-order chi connectivity index (χ0) is 17.8. The summed E-state index contributed by atoms with van der Waals surface area (Å²) in [5.41, 5.74) is 1.44. The fourth-order valence-corrected chi connectivity index (χ4v) is 2.42. The van der Waals surface area contributed by atoms with Crippen LogP contribution in [0.15, 0.2) is 54.9 Å². The molecule has 3 rings (SSSR count). The van der Waals surface area contributed by atoms with Gasteiger partial charge in [-0.3, -0.25) is 10.1 Å². The van der Waals surface area contributed by atoms with Crippen molar-refractivity contribution >= 4 is 23.0 Å². The van der Waals surface area contributed by atoms with Gasteiger partial charge in [0.25, 0.3) is 5.69 Å². The molecule has 0 unspecified atom stereocenters. The third-order valence-corrected chi connectivity index (χ3v) is 3.57. The molecule has 3 N–H and O–H groups in total. The Balaban J connectivity index is 1.87. The SMILES string of the molecule is O=C(O)c1ccc(Nc2cccc(Cc3ncc[nH]3)c2)c([N+](=O)[O-])c1. The number of carboxylic acid groups (broad SMARTS) is 1. The van der Waals surface area contributed by atoms with Gasteiger partial charge in [0.1, 0.15) is 11.5 Å². The van der Waals surface area contributed by atoms with Gasteiger partial charge in [-0.25, -0.2) is 9.78 Å². The summed E-state index contributed by atoms with van der Waals surface area (Å²) in [4.78, 5) is 28.8. The smallest absolute Gasteiger partial charge is 0.335 e. The van der Waals surface area contributed by atoms with Gasteiger partial charge < -0.3 is 15.4 Å². The normalized spacial score (nSPS) is 10.4. The lowest BCUT2D eigenvalue weighted by molar-refractivity contribution is -0.383. The van der Waals surface area contributed by atoms with Gasteiger partial charge in [0.2, 0.25) is 0 Å². The van der Waals surface area contributed by atoms with Gasteiger partial charge in [-0.05, 0) is 29.8 Å². The van der Waals surface area contributed by atoms with E-state index in [0.717, 1.165) is 17.5 Å². The minimum atomic E-state index is -1.21. The van der Waals surface area contributed by atoms with Crippen molar-refractivity contribution in [3.8, 4) is 0 Å². The highest BCUT2D eigenvalue weighted by Gasteiger charge is 2.17. The van der Waals surface area contributed by atoms with Crippen molar-refractivity contribution in [2.24, 2.45) is 0 Å². The van der Waals surface area contributed by atoms with Crippen LogP contribution < -0.4 is 5.32 Å². The van der Waals surface area contributed by atoms with Gasteiger partial charge in [-0.15, -0.1) is 0 Å². The minimum Gasteiger partial charge on any atom is -0.478 e. The summed E-state index contributed by atoms with van der Waals surface area (Å²) in [6.45, 7) is 0. The number of rotatable bonds is 6. The van der Waals surface area contributed by atoms with Crippen LogP contribution in [-0.2, 0) is 6.42 Å². The average molecular weight is 338 g/mol. The van der Waals surface area contributed by atoms with Crippen LogP contribution in [0.4, 0.5) is 17.1 Å². The number of imidazole rings is 1. The number of hydrogen-bond donors (Lipinski definition) is 3. The Morgan fingerprint density at radius 3 is 2.80 bits per heavy atom. The Morgan fingerprint density at radius 1 is 1.28 bits per heavy atom. The van der Waals surface area contributed by atoms with Crippen LogP contribution in [-0.4, -0.2) is 26.0 Å². The maximum atomic E-state index is 11.2. The number of aromatic nitrogens is 2. The number of nitro groups is 1. The highest BCUT2D eigenvalue weighted by Crippen LogP contribution is 2.29. The third kappa shape index (κ3) is 3.81. The van der Waals surface area contributed by atoms with Crippen molar-refractivity contribution in [2.45, 2.75) is 6.42 Å². The fraction of sp³-hybridized carbons (Fsp3) is 0.0588. The molecule has 2 aromatic carbocycles. The molecule has 126 valence electrons. The summed E-state index contributed by atoms with van der Waals surface area (Å²) in [5.74, 6) is -0.399. The molecular formula is C17H14N4O4. The van der Waals surface area contributed by atoms with Crippen molar-refractivity contribution in [3.05, 3.63) is 81.9 Å². The number of nitro benzene ring substituents is 1. The molecular weight excluding hydrogens is 324 g/mol. The van der Waals surface area contributed by atoms with Crippen LogP contribution in [0.2, 0.25) is 0 Å². The first-order valence-corrected chi connectivity index (χ1v) is 7.39. The van der Waals surface area contributed by atoms with Crippen LogP contribution in [0.1, 0.15) is 21.7 Å². The molecule has 0 saturated heterocycles. The molecule has 0 radical (unpaired) electrons. The minimum absolute atomic E-state index is 0.135. The van der Waals surface area contributed by atoms with E-state index in [4.69, 9.17) is 5.11 Å². The molecule has 0 aliphatic heterocycles. The second-order valence-electron chi connectivity index (χ2n) is 5.33. The number of hydrogen-bond acceptors (Lipinski definition) is 5.